The van der Waals surface area contributed by atoms with Crippen molar-refractivity contribution in [2.75, 3.05) is 12.3 Å². The van der Waals surface area contributed by atoms with E-state index >= 15 is 0 Å². The quantitative estimate of drug-likeness (QED) is 0.605. The van der Waals surface area contributed by atoms with Gasteiger partial charge in [0.25, 0.3) is 5.91 Å². The molecule has 1 rings (SSSR count). The Kier molecular flexibility index (Phi) is 5.85. The zero-order valence-electron chi connectivity index (χ0n) is 11.3. The molecule has 19 heavy (non-hydrogen) atoms. The number of nitrogen functional groups attached to an aromatic ring is 1. The number of carbonyl (C=O) groups is 2. The van der Waals surface area contributed by atoms with Crippen molar-refractivity contribution in [2.45, 2.75) is 32.7 Å². The number of anilines is 1. The standard InChI is InChI=1S/C14H20N2O3/c1-3-4-10(2)16-13(17)9-19-14(18)11-5-7-12(15)8-6-11/h5-8,10H,3-4,9,15H2,1-2H3,(H,16,17)/t10-/m0/s1. The average Bonchev–Trinajstić information content (AvgIpc) is 2.37. The van der Waals surface area contributed by atoms with Crippen molar-refractivity contribution >= 4 is 17.6 Å². The molecule has 0 fully saturated rings. The molecule has 0 spiro atoms. The van der Waals surface area contributed by atoms with E-state index in [4.69, 9.17) is 10.5 Å². The zero-order chi connectivity index (χ0) is 14.3. The molecular weight excluding hydrogens is 244 g/mol. The maximum Gasteiger partial charge on any atom is 0.338 e. The minimum absolute atomic E-state index is 0.0905. The number of hydrogen-bond donors (Lipinski definition) is 2. The molecule has 0 aromatic heterocycles. The van der Waals surface area contributed by atoms with Gasteiger partial charge in [-0.15, -0.1) is 0 Å². The number of hydrogen-bond acceptors (Lipinski definition) is 4. The van der Waals surface area contributed by atoms with Crippen molar-refractivity contribution in [3.63, 3.8) is 0 Å². The van der Waals surface area contributed by atoms with Crippen LogP contribution in [0.3, 0.4) is 0 Å². The van der Waals surface area contributed by atoms with Crippen LogP contribution in [0.1, 0.15) is 37.0 Å². The van der Waals surface area contributed by atoms with E-state index in [0.717, 1.165) is 12.8 Å². The van der Waals surface area contributed by atoms with Gasteiger partial charge in [0.05, 0.1) is 5.56 Å². The summed E-state index contributed by atoms with van der Waals surface area (Å²) in [4.78, 5) is 23.1. The van der Waals surface area contributed by atoms with Gasteiger partial charge in [0, 0.05) is 11.7 Å². The van der Waals surface area contributed by atoms with E-state index in [9.17, 15) is 9.59 Å². The molecule has 1 aromatic carbocycles. The number of nitrogens with one attached hydrogen (secondary N) is 1. The monoisotopic (exact) mass is 264 g/mol. The summed E-state index contributed by atoms with van der Waals surface area (Å²) in [5.74, 6) is -0.817. The summed E-state index contributed by atoms with van der Waals surface area (Å²) in [6.07, 6.45) is 1.89. The van der Waals surface area contributed by atoms with Crippen LogP contribution in [0, 0.1) is 0 Å². The molecule has 0 radical (unpaired) electrons. The lowest BCUT2D eigenvalue weighted by atomic mass is 10.2. The average molecular weight is 264 g/mol. The fourth-order valence-corrected chi connectivity index (χ4v) is 1.66. The first kappa shape index (κ1) is 15.0. The van der Waals surface area contributed by atoms with Gasteiger partial charge >= 0.3 is 5.97 Å². The summed E-state index contributed by atoms with van der Waals surface area (Å²) in [5.41, 5.74) is 6.47. The van der Waals surface area contributed by atoms with Crippen molar-refractivity contribution in [1.82, 2.24) is 5.32 Å². The molecule has 1 aromatic rings. The van der Waals surface area contributed by atoms with Crippen LogP contribution in [0.2, 0.25) is 0 Å². The molecule has 5 heteroatoms. The summed E-state index contributed by atoms with van der Waals surface area (Å²) in [6, 6.07) is 6.44. The van der Waals surface area contributed by atoms with Crippen molar-refractivity contribution in [3.8, 4) is 0 Å². The van der Waals surface area contributed by atoms with E-state index in [2.05, 4.69) is 5.32 Å². The number of carbonyl (C=O) groups excluding carboxylic acids is 2. The Hall–Kier alpha value is -2.04. The van der Waals surface area contributed by atoms with Crippen LogP contribution in [0.25, 0.3) is 0 Å². The van der Waals surface area contributed by atoms with Gasteiger partial charge < -0.3 is 15.8 Å². The molecule has 1 atom stereocenters. The van der Waals surface area contributed by atoms with E-state index < -0.39 is 5.97 Å². The number of rotatable bonds is 6. The minimum atomic E-state index is -0.529. The highest BCUT2D eigenvalue weighted by Gasteiger charge is 2.11. The Balaban J connectivity index is 2.37. The van der Waals surface area contributed by atoms with E-state index in [1.807, 2.05) is 13.8 Å². The third-order valence-corrected chi connectivity index (χ3v) is 2.61. The molecule has 0 aliphatic carbocycles. The normalized spacial score (nSPS) is 11.7. The number of amides is 1. The number of esters is 1. The molecule has 3 N–H and O–H groups in total. The largest absolute Gasteiger partial charge is 0.452 e. The van der Waals surface area contributed by atoms with Gasteiger partial charge in [-0.3, -0.25) is 4.79 Å². The summed E-state index contributed by atoms with van der Waals surface area (Å²) in [5, 5.41) is 2.76. The van der Waals surface area contributed by atoms with Crippen molar-refractivity contribution in [3.05, 3.63) is 29.8 Å². The van der Waals surface area contributed by atoms with Crippen molar-refractivity contribution in [1.29, 1.82) is 0 Å². The minimum Gasteiger partial charge on any atom is -0.452 e. The van der Waals surface area contributed by atoms with Gasteiger partial charge in [-0.2, -0.15) is 0 Å². The van der Waals surface area contributed by atoms with Crippen LogP contribution in [0.15, 0.2) is 24.3 Å². The maximum absolute atomic E-state index is 11.6. The zero-order valence-corrected chi connectivity index (χ0v) is 11.3. The third kappa shape index (κ3) is 5.42. The van der Waals surface area contributed by atoms with Crippen LogP contribution in [0.5, 0.6) is 0 Å². The molecule has 0 saturated heterocycles. The fourth-order valence-electron chi connectivity index (χ4n) is 1.66. The Morgan fingerprint density at radius 1 is 1.32 bits per heavy atom. The maximum atomic E-state index is 11.6. The van der Waals surface area contributed by atoms with E-state index in [1.54, 1.807) is 24.3 Å². The van der Waals surface area contributed by atoms with Crippen LogP contribution in [0.4, 0.5) is 5.69 Å². The van der Waals surface area contributed by atoms with Gasteiger partial charge in [0.2, 0.25) is 0 Å². The third-order valence-electron chi connectivity index (χ3n) is 2.61. The van der Waals surface area contributed by atoms with Crippen LogP contribution < -0.4 is 11.1 Å². The molecular formula is C14H20N2O3. The number of nitrogens with two attached hydrogens (primary N) is 1. The van der Waals surface area contributed by atoms with Crippen molar-refractivity contribution < 1.29 is 14.3 Å². The highest BCUT2D eigenvalue weighted by Crippen LogP contribution is 2.06. The fraction of sp³-hybridized carbons (Fsp3) is 0.429. The first-order valence-electron chi connectivity index (χ1n) is 6.35. The first-order valence-corrected chi connectivity index (χ1v) is 6.35. The lowest BCUT2D eigenvalue weighted by molar-refractivity contribution is -0.124. The molecule has 0 aliphatic heterocycles. The van der Waals surface area contributed by atoms with Crippen molar-refractivity contribution in [2.24, 2.45) is 0 Å². The summed E-state index contributed by atoms with van der Waals surface area (Å²) in [7, 11) is 0. The molecule has 0 aliphatic rings. The first-order chi connectivity index (χ1) is 9.02. The predicted molar refractivity (Wildman–Crippen MR) is 73.6 cm³/mol. The Labute approximate surface area is 113 Å². The lowest BCUT2D eigenvalue weighted by Crippen LogP contribution is -2.35. The SMILES string of the molecule is CCC[C@H](C)NC(=O)COC(=O)c1ccc(N)cc1. The number of ether oxygens (including phenoxy) is 1. The summed E-state index contributed by atoms with van der Waals surface area (Å²) in [6.45, 7) is 3.70. The molecule has 0 saturated carbocycles. The highest BCUT2D eigenvalue weighted by molar-refractivity contribution is 5.91. The van der Waals surface area contributed by atoms with E-state index in [-0.39, 0.29) is 18.6 Å². The van der Waals surface area contributed by atoms with Gasteiger partial charge in [0.1, 0.15) is 0 Å². The second-order valence-electron chi connectivity index (χ2n) is 4.46. The van der Waals surface area contributed by atoms with Gasteiger partial charge in [-0.25, -0.2) is 4.79 Å². The van der Waals surface area contributed by atoms with Gasteiger partial charge in [0.15, 0.2) is 6.61 Å². The van der Waals surface area contributed by atoms with E-state index in [0.29, 0.717) is 11.3 Å². The molecule has 0 heterocycles. The molecule has 0 unspecified atom stereocenters. The van der Waals surface area contributed by atoms with Crippen LogP contribution >= 0.6 is 0 Å². The second-order valence-corrected chi connectivity index (χ2v) is 4.46. The van der Waals surface area contributed by atoms with Crippen LogP contribution in [-0.2, 0) is 9.53 Å². The Morgan fingerprint density at radius 2 is 1.95 bits per heavy atom. The molecule has 104 valence electrons. The number of benzene rings is 1. The summed E-state index contributed by atoms with van der Waals surface area (Å²) >= 11 is 0. The van der Waals surface area contributed by atoms with E-state index in [1.165, 1.54) is 0 Å². The van der Waals surface area contributed by atoms with Crippen LogP contribution in [-0.4, -0.2) is 24.5 Å². The lowest BCUT2D eigenvalue weighted by Gasteiger charge is -2.12. The second kappa shape index (κ2) is 7.41. The molecule has 5 nitrogen and oxygen atoms in total. The van der Waals surface area contributed by atoms with Gasteiger partial charge in [-0.05, 0) is 37.6 Å². The predicted octanol–water partition coefficient (Wildman–Crippen LogP) is 1.73. The molecule has 0 bridgehead atoms. The summed E-state index contributed by atoms with van der Waals surface area (Å²) < 4.78 is 4.92. The highest BCUT2D eigenvalue weighted by atomic mass is 16.5. The Bertz CT molecular complexity index is 429. The Morgan fingerprint density at radius 3 is 2.53 bits per heavy atom. The van der Waals surface area contributed by atoms with Gasteiger partial charge in [-0.1, -0.05) is 13.3 Å². The molecule has 1 amide bonds. The topological polar surface area (TPSA) is 81.4 Å². The smallest absolute Gasteiger partial charge is 0.338 e.